The highest BCUT2D eigenvalue weighted by Gasteiger charge is 2.14. The van der Waals surface area contributed by atoms with Crippen LogP contribution in [0.5, 0.6) is 0 Å². The maximum Gasteiger partial charge on any atom is 0.266 e. The van der Waals surface area contributed by atoms with Crippen molar-refractivity contribution in [1.82, 2.24) is 14.5 Å². The van der Waals surface area contributed by atoms with Crippen LogP contribution in [0.15, 0.2) is 70.4 Å². The lowest BCUT2D eigenvalue weighted by Gasteiger charge is -2.10. The lowest BCUT2D eigenvalue weighted by Crippen LogP contribution is -2.32. The molecule has 0 saturated heterocycles. The van der Waals surface area contributed by atoms with Crippen molar-refractivity contribution in [3.8, 4) is 11.3 Å². The van der Waals surface area contributed by atoms with Crippen LogP contribution in [0.3, 0.4) is 0 Å². The van der Waals surface area contributed by atoms with Crippen molar-refractivity contribution in [3.05, 3.63) is 76.8 Å². The molecule has 0 aliphatic carbocycles. The van der Waals surface area contributed by atoms with E-state index in [2.05, 4.69) is 15.1 Å². The van der Waals surface area contributed by atoms with Gasteiger partial charge in [-0.1, -0.05) is 6.92 Å². The highest BCUT2D eigenvalue weighted by Crippen LogP contribution is 2.16. The highest BCUT2D eigenvalue weighted by molar-refractivity contribution is 7.89. The number of benzene rings is 2. The fraction of sp³-hybridized carbons (Fsp3) is 0.227. The van der Waals surface area contributed by atoms with E-state index in [1.165, 1.54) is 48.5 Å². The largest absolute Gasteiger partial charge is 0.326 e. The van der Waals surface area contributed by atoms with Gasteiger partial charge in [0.15, 0.2) is 0 Å². The van der Waals surface area contributed by atoms with Gasteiger partial charge in [0.1, 0.15) is 5.82 Å². The second kappa shape index (κ2) is 10.3. The average molecular weight is 459 g/mol. The van der Waals surface area contributed by atoms with Gasteiger partial charge in [-0.05, 0) is 61.0 Å². The SMILES string of the molecule is CCCC(=O)Nc1ccc(S(=O)(=O)NCCn2nc(-c3ccc(F)cc3)ccc2=O)cc1. The quantitative estimate of drug-likeness (QED) is 0.512. The van der Waals surface area contributed by atoms with Crippen molar-refractivity contribution in [1.29, 1.82) is 0 Å². The van der Waals surface area contributed by atoms with Crippen LogP contribution >= 0.6 is 0 Å². The number of nitrogens with one attached hydrogen (secondary N) is 2. The molecule has 2 N–H and O–H groups in total. The molecule has 0 bridgehead atoms. The topological polar surface area (TPSA) is 110 Å². The number of nitrogens with zero attached hydrogens (tertiary/aromatic N) is 2. The Kier molecular flexibility index (Phi) is 7.49. The number of carbonyl (C=O) groups excluding carboxylic acids is 1. The molecule has 1 aromatic heterocycles. The Labute approximate surface area is 185 Å². The van der Waals surface area contributed by atoms with Gasteiger partial charge in [-0.2, -0.15) is 5.10 Å². The molecule has 0 atom stereocenters. The number of halogens is 1. The molecule has 168 valence electrons. The summed E-state index contributed by atoms with van der Waals surface area (Å²) >= 11 is 0. The van der Waals surface area contributed by atoms with Crippen LogP contribution < -0.4 is 15.6 Å². The summed E-state index contributed by atoms with van der Waals surface area (Å²) in [5.41, 5.74) is 1.22. The zero-order valence-electron chi connectivity index (χ0n) is 17.4. The average Bonchev–Trinajstić information content (AvgIpc) is 2.76. The van der Waals surface area contributed by atoms with Crippen molar-refractivity contribution in [2.45, 2.75) is 31.2 Å². The molecule has 2 aromatic carbocycles. The van der Waals surface area contributed by atoms with Crippen molar-refractivity contribution in [2.75, 3.05) is 11.9 Å². The molecule has 3 rings (SSSR count). The molecular formula is C22H23FN4O4S. The zero-order valence-corrected chi connectivity index (χ0v) is 18.2. The number of rotatable bonds is 9. The fourth-order valence-electron chi connectivity index (χ4n) is 2.92. The van der Waals surface area contributed by atoms with Crippen molar-refractivity contribution in [3.63, 3.8) is 0 Å². The minimum Gasteiger partial charge on any atom is -0.326 e. The van der Waals surface area contributed by atoms with Gasteiger partial charge in [-0.15, -0.1) is 0 Å². The van der Waals surface area contributed by atoms with E-state index in [-0.39, 0.29) is 35.3 Å². The van der Waals surface area contributed by atoms with Crippen molar-refractivity contribution < 1.29 is 17.6 Å². The van der Waals surface area contributed by atoms with Crippen LogP contribution in [0, 0.1) is 5.82 Å². The lowest BCUT2D eigenvalue weighted by atomic mass is 10.1. The van der Waals surface area contributed by atoms with Gasteiger partial charge in [-0.3, -0.25) is 9.59 Å². The molecule has 0 spiro atoms. The van der Waals surface area contributed by atoms with Gasteiger partial charge in [0.2, 0.25) is 15.9 Å². The number of carbonyl (C=O) groups is 1. The fourth-order valence-corrected chi connectivity index (χ4v) is 3.94. The Hall–Kier alpha value is -3.37. The van der Waals surface area contributed by atoms with E-state index >= 15 is 0 Å². The van der Waals surface area contributed by atoms with E-state index < -0.39 is 10.0 Å². The highest BCUT2D eigenvalue weighted by atomic mass is 32.2. The third-order valence-electron chi connectivity index (χ3n) is 4.55. The molecule has 8 nitrogen and oxygen atoms in total. The predicted octanol–water partition coefficient (Wildman–Crippen LogP) is 2.77. The molecule has 0 aliphatic rings. The molecule has 0 fully saturated rings. The monoisotopic (exact) mass is 458 g/mol. The first-order chi connectivity index (χ1) is 15.3. The second-order valence-corrected chi connectivity index (χ2v) is 8.77. The van der Waals surface area contributed by atoms with Crippen LogP contribution in [-0.2, 0) is 21.4 Å². The Morgan fingerprint density at radius 1 is 1.03 bits per heavy atom. The molecule has 3 aromatic rings. The normalized spacial score (nSPS) is 11.3. The number of amides is 1. The van der Waals surface area contributed by atoms with Crippen LogP contribution in [0.4, 0.5) is 10.1 Å². The number of sulfonamides is 1. The first kappa shape index (κ1) is 23.3. The minimum absolute atomic E-state index is 0.0122. The molecule has 0 aliphatic heterocycles. The summed E-state index contributed by atoms with van der Waals surface area (Å²) in [6, 6.07) is 14.3. The van der Waals surface area contributed by atoms with Crippen LogP contribution in [-0.4, -0.2) is 30.7 Å². The summed E-state index contributed by atoms with van der Waals surface area (Å²) < 4.78 is 41.7. The molecule has 1 amide bonds. The molecule has 32 heavy (non-hydrogen) atoms. The van der Waals surface area contributed by atoms with Gasteiger partial charge in [-0.25, -0.2) is 22.2 Å². The minimum atomic E-state index is -3.81. The maximum absolute atomic E-state index is 13.1. The smallest absolute Gasteiger partial charge is 0.266 e. The van der Waals surface area contributed by atoms with E-state index in [1.807, 2.05) is 6.92 Å². The number of hydrogen-bond donors (Lipinski definition) is 2. The van der Waals surface area contributed by atoms with Gasteiger partial charge in [0.25, 0.3) is 5.56 Å². The number of aromatic nitrogens is 2. The summed E-state index contributed by atoms with van der Waals surface area (Å²) in [6.45, 7) is 1.85. The Bertz CT molecular complexity index is 1240. The molecule has 10 heteroatoms. The van der Waals surface area contributed by atoms with Crippen molar-refractivity contribution in [2.24, 2.45) is 0 Å². The van der Waals surface area contributed by atoms with Crippen LogP contribution in [0.2, 0.25) is 0 Å². The molecule has 1 heterocycles. The summed E-state index contributed by atoms with van der Waals surface area (Å²) in [7, 11) is -3.81. The summed E-state index contributed by atoms with van der Waals surface area (Å²) in [4.78, 5) is 23.8. The molecule has 0 unspecified atom stereocenters. The van der Waals surface area contributed by atoms with Gasteiger partial charge >= 0.3 is 0 Å². The van der Waals surface area contributed by atoms with Crippen molar-refractivity contribution >= 4 is 21.6 Å². The summed E-state index contributed by atoms with van der Waals surface area (Å²) in [6.07, 6.45) is 1.10. The molecule has 0 saturated carbocycles. The lowest BCUT2D eigenvalue weighted by molar-refractivity contribution is -0.116. The second-order valence-electron chi connectivity index (χ2n) is 7.01. The third kappa shape index (κ3) is 6.08. The van der Waals surface area contributed by atoms with E-state index in [1.54, 1.807) is 12.1 Å². The van der Waals surface area contributed by atoms with E-state index in [0.29, 0.717) is 29.8 Å². The van der Waals surface area contributed by atoms with Gasteiger partial charge in [0.05, 0.1) is 17.1 Å². The molecular weight excluding hydrogens is 435 g/mol. The maximum atomic E-state index is 13.1. The first-order valence-electron chi connectivity index (χ1n) is 10.0. The van der Waals surface area contributed by atoms with E-state index in [0.717, 1.165) is 4.68 Å². The van der Waals surface area contributed by atoms with Crippen LogP contribution in [0.25, 0.3) is 11.3 Å². The number of anilines is 1. The summed E-state index contributed by atoms with van der Waals surface area (Å²) in [5.74, 6) is -0.519. The van der Waals surface area contributed by atoms with Crippen LogP contribution in [0.1, 0.15) is 19.8 Å². The Morgan fingerprint density at radius 3 is 2.38 bits per heavy atom. The Morgan fingerprint density at radius 2 is 1.72 bits per heavy atom. The van der Waals surface area contributed by atoms with E-state index in [4.69, 9.17) is 0 Å². The zero-order chi connectivity index (χ0) is 23.1. The summed E-state index contributed by atoms with van der Waals surface area (Å²) in [5, 5.41) is 6.92. The number of hydrogen-bond acceptors (Lipinski definition) is 5. The van der Waals surface area contributed by atoms with E-state index in [9.17, 15) is 22.4 Å². The third-order valence-corrected chi connectivity index (χ3v) is 6.02. The first-order valence-corrected chi connectivity index (χ1v) is 11.5. The molecule has 0 radical (unpaired) electrons. The standard InChI is InChI=1S/C22H23FN4O4S/c1-2-3-21(28)25-18-8-10-19(11-9-18)32(30,31)24-14-15-27-22(29)13-12-20(26-27)16-4-6-17(23)7-5-16/h4-13,24H,2-3,14-15H2,1H3,(H,25,28). The van der Waals surface area contributed by atoms with Gasteiger partial charge in [0, 0.05) is 30.3 Å². The predicted molar refractivity (Wildman–Crippen MR) is 119 cm³/mol. The Balaban J connectivity index is 1.64. The van der Waals surface area contributed by atoms with Gasteiger partial charge < -0.3 is 5.32 Å².